The van der Waals surface area contributed by atoms with Crippen LogP contribution >= 0.6 is 11.6 Å². The van der Waals surface area contributed by atoms with E-state index >= 15 is 0 Å². The van der Waals surface area contributed by atoms with E-state index in [2.05, 4.69) is 13.8 Å². The summed E-state index contributed by atoms with van der Waals surface area (Å²) < 4.78 is 29.0. The summed E-state index contributed by atoms with van der Waals surface area (Å²) in [5, 5.41) is 0. The zero-order chi connectivity index (χ0) is 15.0. The van der Waals surface area contributed by atoms with E-state index in [1.54, 1.807) is 16.6 Å². The van der Waals surface area contributed by atoms with E-state index < -0.39 is 10.0 Å². The summed E-state index contributed by atoms with van der Waals surface area (Å²) in [6, 6.07) is 1.70. The van der Waals surface area contributed by atoms with Gasteiger partial charge in [0.05, 0.1) is 5.88 Å². The number of rotatable bonds is 4. The smallest absolute Gasteiger partial charge is 0.244 e. The van der Waals surface area contributed by atoms with Crippen molar-refractivity contribution in [2.24, 2.45) is 5.41 Å². The van der Waals surface area contributed by atoms with E-state index in [0.717, 1.165) is 25.1 Å². The number of sulfonamides is 1. The van der Waals surface area contributed by atoms with Crippen LogP contribution in [0.25, 0.3) is 0 Å². The Morgan fingerprint density at radius 1 is 1.40 bits per heavy atom. The molecule has 0 amide bonds. The Balaban J connectivity index is 2.32. The molecule has 2 rings (SSSR count). The molecule has 114 valence electrons. The first-order valence-electron chi connectivity index (χ1n) is 7.05. The highest BCUT2D eigenvalue weighted by molar-refractivity contribution is 7.89. The largest absolute Gasteiger partial charge is 0.349 e. The van der Waals surface area contributed by atoms with Crippen LogP contribution in [0.1, 0.15) is 39.3 Å². The highest BCUT2D eigenvalue weighted by Gasteiger charge is 2.34. The van der Waals surface area contributed by atoms with Crippen LogP contribution in [0.15, 0.2) is 17.2 Å². The minimum atomic E-state index is -3.40. The van der Waals surface area contributed by atoms with Gasteiger partial charge in [-0.05, 0) is 31.2 Å². The van der Waals surface area contributed by atoms with Gasteiger partial charge in [-0.25, -0.2) is 8.42 Å². The molecule has 0 bridgehead atoms. The van der Waals surface area contributed by atoms with E-state index in [1.165, 1.54) is 0 Å². The summed E-state index contributed by atoms with van der Waals surface area (Å²) in [5.74, 6) is 0.328. The Bertz CT molecular complexity index is 556. The molecule has 6 heteroatoms. The van der Waals surface area contributed by atoms with Gasteiger partial charge in [-0.1, -0.05) is 13.8 Å². The number of aryl methyl sites for hydroxylation is 1. The molecule has 0 spiro atoms. The molecule has 1 aliphatic rings. The van der Waals surface area contributed by atoms with Crippen molar-refractivity contribution in [1.29, 1.82) is 0 Å². The van der Waals surface area contributed by atoms with Gasteiger partial charge in [-0.3, -0.25) is 0 Å². The number of hydrogen-bond acceptors (Lipinski definition) is 2. The van der Waals surface area contributed by atoms with Crippen molar-refractivity contribution in [3.8, 4) is 0 Å². The topological polar surface area (TPSA) is 42.3 Å². The maximum atomic E-state index is 12.7. The molecule has 1 saturated heterocycles. The second-order valence-corrected chi connectivity index (χ2v) is 8.40. The first-order valence-corrected chi connectivity index (χ1v) is 9.03. The third-order valence-electron chi connectivity index (χ3n) is 3.94. The van der Waals surface area contributed by atoms with Crippen molar-refractivity contribution in [2.45, 2.75) is 50.9 Å². The molecule has 2 heterocycles. The first kappa shape index (κ1) is 15.9. The normalized spacial score (nSPS) is 20.2. The number of halogens is 1. The van der Waals surface area contributed by atoms with E-state index in [9.17, 15) is 8.42 Å². The SMILES string of the molecule is CCn1cc(S(=O)(=O)N2CCCC(C)(C)C2)cc1CCl. The summed E-state index contributed by atoms with van der Waals surface area (Å²) in [6.07, 6.45) is 3.69. The lowest BCUT2D eigenvalue weighted by atomic mass is 9.85. The fourth-order valence-electron chi connectivity index (χ4n) is 2.80. The van der Waals surface area contributed by atoms with Gasteiger partial charge in [0.25, 0.3) is 0 Å². The lowest BCUT2D eigenvalue weighted by Gasteiger charge is -2.36. The van der Waals surface area contributed by atoms with Crippen LogP contribution in [0.3, 0.4) is 0 Å². The quantitative estimate of drug-likeness (QED) is 0.801. The maximum Gasteiger partial charge on any atom is 0.244 e. The number of aromatic nitrogens is 1. The van der Waals surface area contributed by atoms with Crippen LogP contribution in [0, 0.1) is 5.41 Å². The summed E-state index contributed by atoms with van der Waals surface area (Å²) in [7, 11) is -3.40. The fourth-order valence-corrected chi connectivity index (χ4v) is 4.76. The zero-order valence-corrected chi connectivity index (χ0v) is 14.0. The van der Waals surface area contributed by atoms with Gasteiger partial charge in [0.15, 0.2) is 0 Å². The molecule has 0 aromatic carbocycles. The van der Waals surface area contributed by atoms with Crippen LogP contribution in [0.2, 0.25) is 0 Å². The Morgan fingerprint density at radius 3 is 2.60 bits per heavy atom. The van der Waals surface area contributed by atoms with Crippen molar-refractivity contribution in [3.63, 3.8) is 0 Å². The van der Waals surface area contributed by atoms with Crippen LogP contribution in [0.4, 0.5) is 0 Å². The third kappa shape index (κ3) is 3.05. The average molecular weight is 319 g/mol. The summed E-state index contributed by atoms with van der Waals surface area (Å²) >= 11 is 5.88. The zero-order valence-electron chi connectivity index (χ0n) is 12.4. The molecule has 0 saturated carbocycles. The van der Waals surface area contributed by atoms with Gasteiger partial charge >= 0.3 is 0 Å². The summed E-state index contributed by atoms with van der Waals surface area (Å²) in [4.78, 5) is 0.368. The molecule has 20 heavy (non-hydrogen) atoms. The minimum absolute atomic E-state index is 0.0496. The van der Waals surface area contributed by atoms with E-state index in [0.29, 0.717) is 23.9 Å². The van der Waals surface area contributed by atoms with Gasteiger partial charge in [0.2, 0.25) is 10.0 Å². The minimum Gasteiger partial charge on any atom is -0.349 e. The third-order valence-corrected chi connectivity index (χ3v) is 6.03. The molecule has 0 unspecified atom stereocenters. The first-order chi connectivity index (χ1) is 9.30. The van der Waals surface area contributed by atoms with E-state index in [4.69, 9.17) is 11.6 Å². The molecule has 1 fully saturated rings. The van der Waals surface area contributed by atoms with Gasteiger partial charge in [-0.15, -0.1) is 11.6 Å². The maximum absolute atomic E-state index is 12.7. The number of piperidine rings is 1. The van der Waals surface area contributed by atoms with E-state index in [-0.39, 0.29) is 5.41 Å². The highest BCUT2D eigenvalue weighted by atomic mass is 35.5. The Hall–Kier alpha value is -0.520. The average Bonchev–Trinajstić information content (AvgIpc) is 2.81. The lowest BCUT2D eigenvalue weighted by Crippen LogP contribution is -2.43. The number of nitrogens with zero attached hydrogens (tertiary/aromatic N) is 2. The molecular weight excluding hydrogens is 296 g/mol. The van der Waals surface area contributed by atoms with Crippen molar-refractivity contribution in [1.82, 2.24) is 8.87 Å². The molecule has 0 aliphatic carbocycles. The summed E-state index contributed by atoms with van der Waals surface area (Å²) in [6.45, 7) is 8.15. The molecular formula is C14H23ClN2O2S. The predicted molar refractivity (Wildman–Crippen MR) is 81.4 cm³/mol. The molecule has 0 atom stereocenters. The van der Waals surface area contributed by atoms with Crippen molar-refractivity contribution >= 4 is 21.6 Å². The Kier molecular flexibility index (Phi) is 4.52. The van der Waals surface area contributed by atoms with E-state index in [1.807, 2.05) is 11.5 Å². The second-order valence-electron chi connectivity index (χ2n) is 6.19. The predicted octanol–water partition coefficient (Wildman–Crippen LogP) is 3.06. The van der Waals surface area contributed by atoms with Crippen LogP contribution < -0.4 is 0 Å². The lowest BCUT2D eigenvalue weighted by molar-refractivity contribution is 0.187. The fraction of sp³-hybridized carbons (Fsp3) is 0.714. The monoisotopic (exact) mass is 318 g/mol. The van der Waals surface area contributed by atoms with Crippen LogP contribution in [0.5, 0.6) is 0 Å². The van der Waals surface area contributed by atoms with Crippen molar-refractivity contribution in [2.75, 3.05) is 13.1 Å². The van der Waals surface area contributed by atoms with Crippen molar-refractivity contribution in [3.05, 3.63) is 18.0 Å². The van der Waals surface area contributed by atoms with Gasteiger partial charge < -0.3 is 4.57 Å². The molecule has 1 aromatic rings. The van der Waals surface area contributed by atoms with Gasteiger partial charge in [-0.2, -0.15) is 4.31 Å². The van der Waals surface area contributed by atoms with Crippen molar-refractivity contribution < 1.29 is 8.42 Å². The highest BCUT2D eigenvalue weighted by Crippen LogP contribution is 2.32. The Labute approximate surface area is 126 Å². The van der Waals surface area contributed by atoms with Crippen LogP contribution in [-0.2, 0) is 22.4 Å². The second kappa shape index (κ2) is 5.70. The Morgan fingerprint density at radius 2 is 2.10 bits per heavy atom. The van der Waals surface area contributed by atoms with Crippen LogP contribution in [-0.4, -0.2) is 30.4 Å². The standard InChI is InChI=1S/C14H23ClN2O2S/c1-4-16-10-13(8-12(16)9-15)20(18,19)17-7-5-6-14(2,3)11-17/h8,10H,4-7,9,11H2,1-3H3. The summed E-state index contributed by atoms with van der Waals surface area (Å²) in [5.41, 5.74) is 0.900. The molecule has 0 radical (unpaired) electrons. The van der Waals surface area contributed by atoms with Gasteiger partial charge in [0.1, 0.15) is 4.90 Å². The molecule has 4 nitrogen and oxygen atoms in total. The number of hydrogen-bond donors (Lipinski definition) is 0. The van der Waals surface area contributed by atoms with Gasteiger partial charge in [0, 0.05) is 31.5 Å². The molecule has 0 N–H and O–H groups in total. The number of alkyl halides is 1. The molecule has 1 aliphatic heterocycles. The molecule has 1 aromatic heterocycles.